The fraction of sp³-hybridized carbons (Fsp3) is 0.786. The maximum Gasteiger partial charge on any atom is 0.0765 e. The molecule has 2 rings (SSSR count). The highest BCUT2D eigenvalue weighted by Gasteiger charge is 2.35. The van der Waals surface area contributed by atoms with Gasteiger partial charge >= 0.3 is 0 Å². The van der Waals surface area contributed by atoms with E-state index in [9.17, 15) is 5.11 Å². The highest BCUT2D eigenvalue weighted by atomic mass is 16.3. The van der Waals surface area contributed by atoms with Crippen LogP contribution in [0.25, 0.3) is 0 Å². The Bertz CT molecular complexity index is 392. The lowest BCUT2D eigenvalue weighted by Crippen LogP contribution is -2.45. The Morgan fingerprint density at radius 3 is 2.78 bits per heavy atom. The van der Waals surface area contributed by atoms with E-state index >= 15 is 0 Å². The zero-order valence-electron chi connectivity index (χ0n) is 11.9. The van der Waals surface area contributed by atoms with Crippen LogP contribution in [0.4, 0.5) is 0 Å². The van der Waals surface area contributed by atoms with Crippen LogP contribution in [-0.2, 0) is 6.54 Å². The first-order chi connectivity index (χ1) is 8.38. The number of likely N-dealkylation sites (tertiary alicyclic amines) is 1. The highest BCUT2D eigenvalue weighted by molar-refractivity contribution is 5.02. The number of hydrogen-bond acceptors (Lipinski definition) is 3. The van der Waals surface area contributed by atoms with Crippen molar-refractivity contribution in [2.45, 2.75) is 64.8 Å². The third-order valence-corrected chi connectivity index (χ3v) is 3.74. The van der Waals surface area contributed by atoms with Crippen molar-refractivity contribution in [2.75, 3.05) is 6.54 Å². The van der Waals surface area contributed by atoms with Gasteiger partial charge in [-0.15, -0.1) is 0 Å². The Labute approximate surface area is 110 Å². The molecule has 1 aromatic rings. The van der Waals surface area contributed by atoms with Crippen LogP contribution in [0.15, 0.2) is 12.3 Å². The van der Waals surface area contributed by atoms with E-state index in [-0.39, 0.29) is 6.04 Å². The number of nitrogens with zero attached hydrogens (tertiary/aromatic N) is 3. The number of hydrogen-bond donors (Lipinski definition) is 1. The summed E-state index contributed by atoms with van der Waals surface area (Å²) < 4.78 is 1.99. The lowest BCUT2D eigenvalue weighted by Gasteiger charge is -2.33. The summed E-state index contributed by atoms with van der Waals surface area (Å²) in [5, 5.41) is 14.8. The van der Waals surface area contributed by atoms with Crippen LogP contribution in [0.5, 0.6) is 0 Å². The molecule has 0 saturated carbocycles. The molecule has 1 N–H and O–H groups in total. The molecule has 1 atom stereocenters. The number of aromatic nitrogens is 2. The van der Waals surface area contributed by atoms with Gasteiger partial charge in [-0.3, -0.25) is 9.58 Å². The van der Waals surface area contributed by atoms with E-state index in [4.69, 9.17) is 0 Å². The van der Waals surface area contributed by atoms with Crippen molar-refractivity contribution in [3.63, 3.8) is 0 Å². The van der Waals surface area contributed by atoms with Gasteiger partial charge in [0, 0.05) is 24.8 Å². The largest absolute Gasteiger partial charge is 0.389 e. The third kappa shape index (κ3) is 2.93. The SMILES string of the molecule is CC(C)n1ccc(CN2CCC[C@@H]2C(C)(C)O)n1. The minimum absolute atomic E-state index is 0.252. The van der Waals surface area contributed by atoms with Crippen molar-refractivity contribution in [1.82, 2.24) is 14.7 Å². The number of aliphatic hydroxyl groups is 1. The quantitative estimate of drug-likeness (QED) is 0.892. The average molecular weight is 251 g/mol. The van der Waals surface area contributed by atoms with Crippen LogP contribution in [0, 0.1) is 0 Å². The first kappa shape index (κ1) is 13.6. The molecule has 0 radical (unpaired) electrons. The fourth-order valence-electron chi connectivity index (χ4n) is 2.77. The molecule has 102 valence electrons. The van der Waals surface area contributed by atoms with Crippen molar-refractivity contribution in [3.05, 3.63) is 18.0 Å². The first-order valence-corrected chi connectivity index (χ1v) is 6.88. The summed E-state index contributed by atoms with van der Waals surface area (Å²) >= 11 is 0. The monoisotopic (exact) mass is 251 g/mol. The predicted molar refractivity (Wildman–Crippen MR) is 72.3 cm³/mol. The zero-order valence-corrected chi connectivity index (χ0v) is 11.9. The molecule has 1 saturated heterocycles. The normalized spacial score (nSPS) is 22.0. The molecule has 2 heterocycles. The topological polar surface area (TPSA) is 41.3 Å². The smallest absolute Gasteiger partial charge is 0.0765 e. The zero-order chi connectivity index (χ0) is 13.3. The molecule has 1 fully saturated rings. The van der Waals surface area contributed by atoms with Gasteiger partial charge in [0.2, 0.25) is 0 Å². The van der Waals surface area contributed by atoms with E-state index in [2.05, 4.69) is 29.9 Å². The van der Waals surface area contributed by atoms with Crippen LogP contribution < -0.4 is 0 Å². The molecule has 0 aromatic carbocycles. The van der Waals surface area contributed by atoms with Crippen LogP contribution in [0.3, 0.4) is 0 Å². The minimum Gasteiger partial charge on any atom is -0.389 e. The van der Waals surface area contributed by atoms with Crippen LogP contribution in [0.2, 0.25) is 0 Å². The third-order valence-electron chi connectivity index (χ3n) is 3.74. The molecule has 0 bridgehead atoms. The summed E-state index contributed by atoms with van der Waals surface area (Å²) in [6, 6.07) is 2.74. The van der Waals surface area contributed by atoms with E-state index in [0.29, 0.717) is 6.04 Å². The molecule has 0 aliphatic carbocycles. The highest BCUT2D eigenvalue weighted by Crippen LogP contribution is 2.27. The molecule has 1 aromatic heterocycles. The summed E-state index contributed by atoms with van der Waals surface area (Å²) in [6.07, 6.45) is 4.28. The van der Waals surface area contributed by atoms with E-state index in [1.807, 2.05) is 24.7 Å². The van der Waals surface area contributed by atoms with E-state index < -0.39 is 5.60 Å². The van der Waals surface area contributed by atoms with Gasteiger partial charge in [-0.1, -0.05) is 0 Å². The average Bonchev–Trinajstić information content (AvgIpc) is 2.85. The van der Waals surface area contributed by atoms with Gasteiger partial charge in [0.05, 0.1) is 11.3 Å². The summed E-state index contributed by atoms with van der Waals surface area (Å²) in [6.45, 7) is 9.97. The molecule has 1 aliphatic rings. The summed E-state index contributed by atoms with van der Waals surface area (Å²) in [7, 11) is 0. The van der Waals surface area contributed by atoms with Gasteiger partial charge in [0.15, 0.2) is 0 Å². The van der Waals surface area contributed by atoms with Crippen molar-refractivity contribution in [3.8, 4) is 0 Å². The Kier molecular flexibility index (Phi) is 3.78. The second-order valence-electron chi connectivity index (χ2n) is 6.16. The van der Waals surface area contributed by atoms with E-state index in [1.165, 1.54) is 6.42 Å². The van der Waals surface area contributed by atoms with Crippen LogP contribution >= 0.6 is 0 Å². The fourth-order valence-corrected chi connectivity index (χ4v) is 2.77. The molecule has 0 spiro atoms. The molecule has 0 unspecified atom stereocenters. The Morgan fingerprint density at radius 1 is 1.50 bits per heavy atom. The van der Waals surface area contributed by atoms with Gasteiger partial charge in [0.1, 0.15) is 0 Å². The molecule has 1 aliphatic heterocycles. The lowest BCUT2D eigenvalue weighted by molar-refractivity contribution is -0.00542. The summed E-state index contributed by atoms with van der Waals surface area (Å²) in [5.41, 5.74) is 0.469. The summed E-state index contributed by atoms with van der Waals surface area (Å²) in [5.74, 6) is 0. The van der Waals surface area contributed by atoms with Crippen molar-refractivity contribution >= 4 is 0 Å². The molecule has 4 nitrogen and oxygen atoms in total. The maximum absolute atomic E-state index is 10.2. The minimum atomic E-state index is -0.628. The van der Waals surface area contributed by atoms with Crippen LogP contribution in [-0.4, -0.2) is 38.0 Å². The van der Waals surface area contributed by atoms with Crippen molar-refractivity contribution < 1.29 is 5.11 Å². The molecule has 0 amide bonds. The first-order valence-electron chi connectivity index (χ1n) is 6.88. The Morgan fingerprint density at radius 2 is 2.22 bits per heavy atom. The molecular weight excluding hydrogens is 226 g/mol. The lowest BCUT2D eigenvalue weighted by atomic mass is 9.96. The molecule has 18 heavy (non-hydrogen) atoms. The van der Waals surface area contributed by atoms with Gasteiger partial charge < -0.3 is 5.11 Å². The van der Waals surface area contributed by atoms with Gasteiger partial charge in [-0.25, -0.2) is 0 Å². The second kappa shape index (κ2) is 5.02. The van der Waals surface area contributed by atoms with Gasteiger partial charge in [-0.2, -0.15) is 5.10 Å². The van der Waals surface area contributed by atoms with E-state index in [0.717, 1.165) is 25.2 Å². The van der Waals surface area contributed by atoms with Crippen LogP contribution in [0.1, 0.15) is 52.3 Å². The Hall–Kier alpha value is -0.870. The van der Waals surface area contributed by atoms with Gasteiger partial charge in [0.25, 0.3) is 0 Å². The maximum atomic E-state index is 10.2. The molecular formula is C14H25N3O. The van der Waals surface area contributed by atoms with Gasteiger partial charge in [-0.05, 0) is 53.1 Å². The second-order valence-corrected chi connectivity index (χ2v) is 6.16. The van der Waals surface area contributed by atoms with E-state index in [1.54, 1.807) is 0 Å². The van der Waals surface area contributed by atoms with Crippen molar-refractivity contribution in [2.24, 2.45) is 0 Å². The van der Waals surface area contributed by atoms with Crippen molar-refractivity contribution in [1.29, 1.82) is 0 Å². The standard InChI is InChI=1S/C14H25N3O/c1-11(2)17-9-7-12(15-17)10-16-8-5-6-13(16)14(3,4)18/h7,9,11,13,18H,5-6,8,10H2,1-4H3/t13-/m1/s1. The summed E-state index contributed by atoms with van der Waals surface area (Å²) in [4.78, 5) is 2.35. The number of rotatable bonds is 4. The molecule has 4 heteroatoms. The predicted octanol–water partition coefficient (Wildman–Crippen LogP) is 2.20. The Balaban J connectivity index is 2.04.